The maximum absolute atomic E-state index is 13.4. The molecular weight excluding hydrogens is 281 g/mol. The van der Waals surface area contributed by atoms with Gasteiger partial charge in [0, 0.05) is 13.1 Å². The number of aryl methyl sites for hydroxylation is 1. The first-order valence-electron chi connectivity index (χ1n) is 6.53. The molecule has 0 spiro atoms. The normalized spacial score (nSPS) is 20.4. The van der Waals surface area contributed by atoms with E-state index in [0.717, 1.165) is 25.6 Å². The molecule has 1 unspecified atom stereocenters. The first-order chi connectivity index (χ1) is 9.29. The van der Waals surface area contributed by atoms with Gasteiger partial charge in [0.25, 0.3) is 0 Å². The lowest BCUT2D eigenvalue weighted by Crippen LogP contribution is -2.30. The van der Waals surface area contributed by atoms with Crippen molar-refractivity contribution >= 4 is 15.7 Å². The van der Waals surface area contributed by atoms with Crippen LogP contribution in [0.4, 0.5) is 10.1 Å². The lowest BCUT2D eigenvalue weighted by Gasteiger charge is -2.13. The number of nitrogens with one attached hydrogen (secondary N) is 1. The number of likely N-dealkylation sites (tertiary alicyclic amines) is 1. The summed E-state index contributed by atoms with van der Waals surface area (Å²) in [6.07, 6.45) is 0.976. The SMILES string of the molecule is Cc1cc(S(=O)(=O)NCC2CCN(C)C2)cc(N)c1F. The number of sulfonamides is 1. The molecule has 1 saturated heterocycles. The summed E-state index contributed by atoms with van der Waals surface area (Å²) < 4.78 is 40.4. The highest BCUT2D eigenvalue weighted by atomic mass is 32.2. The molecule has 5 nitrogen and oxygen atoms in total. The van der Waals surface area contributed by atoms with Crippen LogP contribution in [-0.2, 0) is 10.0 Å². The summed E-state index contributed by atoms with van der Waals surface area (Å²) in [4.78, 5) is 2.18. The van der Waals surface area contributed by atoms with Crippen LogP contribution in [-0.4, -0.2) is 40.0 Å². The van der Waals surface area contributed by atoms with Crippen molar-refractivity contribution in [1.82, 2.24) is 9.62 Å². The second kappa shape index (κ2) is 5.67. The second-order valence-corrected chi connectivity index (χ2v) is 7.18. The maximum Gasteiger partial charge on any atom is 0.240 e. The van der Waals surface area contributed by atoms with E-state index in [9.17, 15) is 12.8 Å². The highest BCUT2D eigenvalue weighted by molar-refractivity contribution is 7.89. The molecule has 20 heavy (non-hydrogen) atoms. The Balaban J connectivity index is 2.10. The van der Waals surface area contributed by atoms with Crippen molar-refractivity contribution in [2.75, 3.05) is 32.4 Å². The fourth-order valence-electron chi connectivity index (χ4n) is 2.42. The van der Waals surface area contributed by atoms with Gasteiger partial charge in [-0.05, 0) is 50.6 Å². The molecular formula is C13H20FN3O2S. The van der Waals surface area contributed by atoms with Crippen molar-refractivity contribution in [1.29, 1.82) is 0 Å². The van der Waals surface area contributed by atoms with E-state index >= 15 is 0 Å². The van der Waals surface area contributed by atoms with Crippen molar-refractivity contribution in [3.8, 4) is 0 Å². The standard InChI is InChI=1S/C13H20FN3O2S/c1-9-5-11(6-12(15)13(9)14)20(18,19)16-7-10-3-4-17(2)8-10/h5-6,10,16H,3-4,7-8,15H2,1-2H3. The minimum Gasteiger partial charge on any atom is -0.396 e. The lowest BCUT2D eigenvalue weighted by atomic mass is 10.1. The predicted molar refractivity (Wildman–Crippen MR) is 76.3 cm³/mol. The van der Waals surface area contributed by atoms with E-state index in [1.807, 2.05) is 7.05 Å². The highest BCUT2D eigenvalue weighted by Gasteiger charge is 2.23. The zero-order chi connectivity index (χ0) is 14.9. The third-order valence-corrected chi connectivity index (χ3v) is 5.02. The first kappa shape index (κ1) is 15.2. The Hall–Kier alpha value is -1.18. The summed E-state index contributed by atoms with van der Waals surface area (Å²) in [5.41, 5.74) is 5.56. The van der Waals surface area contributed by atoms with Crippen molar-refractivity contribution in [3.63, 3.8) is 0 Å². The molecule has 3 N–H and O–H groups in total. The molecule has 1 heterocycles. The van der Waals surface area contributed by atoms with Gasteiger partial charge in [0.15, 0.2) is 0 Å². The Morgan fingerprint density at radius 3 is 2.75 bits per heavy atom. The monoisotopic (exact) mass is 301 g/mol. The zero-order valence-electron chi connectivity index (χ0n) is 11.7. The molecule has 112 valence electrons. The third-order valence-electron chi connectivity index (χ3n) is 3.62. The van der Waals surface area contributed by atoms with Crippen molar-refractivity contribution in [2.24, 2.45) is 5.92 Å². The van der Waals surface area contributed by atoms with Crippen LogP contribution >= 0.6 is 0 Å². The Bertz CT molecular complexity index is 581. The van der Waals surface area contributed by atoms with E-state index in [-0.39, 0.29) is 16.1 Å². The maximum atomic E-state index is 13.4. The summed E-state index contributed by atoms with van der Waals surface area (Å²) in [5, 5.41) is 0. The number of rotatable bonds is 4. The minimum atomic E-state index is -3.64. The van der Waals surface area contributed by atoms with E-state index < -0.39 is 15.8 Å². The summed E-state index contributed by atoms with van der Waals surface area (Å²) in [5.74, 6) is -0.255. The molecule has 0 saturated carbocycles. The van der Waals surface area contributed by atoms with Gasteiger partial charge < -0.3 is 10.6 Å². The van der Waals surface area contributed by atoms with Gasteiger partial charge in [-0.1, -0.05) is 0 Å². The van der Waals surface area contributed by atoms with Crippen molar-refractivity contribution < 1.29 is 12.8 Å². The summed E-state index contributed by atoms with van der Waals surface area (Å²) in [6.45, 7) is 3.75. The van der Waals surface area contributed by atoms with Gasteiger partial charge in [0.1, 0.15) is 5.82 Å². The van der Waals surface area contributed by atoms with Crippen LogP contribution in [0.25, 0.3) is 0 Å². The number of nitrogen functional groups attached to an aromatic ring is 1. The van der Waals surface area contributed by atoms with Gasteiger partial charge in [-0.2, -0.15) is 0 Å². The van der Waals surface area contributed by atoms with Crippen LogP contribution < -0.4 is 10.5 Å². The largest absolute Gasteiger partial charge is 0.396 e. The van der Waals surface area contributed by atoms with E-state index in [4.69, 9.17) is 5.73 Å². The smallest absolute Gasteiger partial charge is 0.240 e. The Labute approximate surface area is 119 Å². The molecule has 1 atom stereocenters. The second-order valence-electron chi connectivity index (χ2n) is 5.41. The first-order valence-corrected chi connectivity index (χ1v) is 8.02. The van der Waals surface area contributed by atoms with Crippen molar-refractivity contribution in [2.45, 2.75) is 18.2 Å². The third kappa shape index (κ3) is 3.28. The van der Waals surface area contributed by atoms with Gasteiger partial charge in [0.2, 0.25) is 10.0 Å². The molecule has 0 bridgehead atoms. The Morgan fingerprint density at radius 2 is 2.20 bits per heavy atom. The van der Waals surface area contributed by atoms with E-state index in [1.54, 1.807) is 0 Å². The number of benzene rings is 1. The number of nitrogens with zero attached hydrogens (tertiary/aromatic N) is 1. The molecule has 1 aromatic rings. The van der Waals surface area contributed by atoms with Crippen LogP contribution in [0.3, 0.4) is 0 Å². The van der Waals surface area contributed by atoms with Gasteiger partial charge >= 0.3 is 0 Å². The number of halogens is 1. The lowest BCUT2D eigenvalue weighted by molar-refractivity contribution is 0.394. The molecule has 0 amide bonds. The molecule has 1 fully saturated rings. The molecule has 2 rings (SSSR count). The van der Waals surface area contributed by atoms with Crippen LogP contribution in [0.1, 0.15) is 12.0 Å². The molecule has 1 aliphatic heterocycles. The summed E-state index contributed by atoms with van der Waals surface area (Å²) >= 11 is 0. The average molecular weight is 301 g/mol. The van der Waals surface area contributed by atoms with E-state index in [0.29, 0.717) is 12.5 Å². The zero-order valence-corrected chi connectivity index (χ0v) is 12.5. The topological polar surface area (TPSA) is 75.4 Å². The molecule has 0 radical (unpaired) electrons. The molecule has 7 heteroatoms. The van der Waals surface area contributed by atoms with Gasteiger partial charge in [0.05, 0.1) is 10.6 Å². The minimum absolute atomic E-state index is 0.0141. The van der Waals surface area contributed by atoms with E-state index in [2.05, 4.69) is 9.62 Å². The number of anilines is 1. The van der Waals surface area contributed by atoms with Gasteiger partial charge in [-0.15, -0.1) is 0 Å². The van der Waals surface area contributed by atoms with Crippen LogP contribution in [0.2, 0.25) is 0 Å². The molecule has 1 aliphatic rings. The summed E-state index contributed by atoms with van der Waals surface area (Å²) in [6, 6.07) is 2.46. The fourth-order valence-corrected chi connectivity index (χ4v) is 3.66. The molecule has 0 aromatic heterocycles. The van der Waals surface area contributed by atoms with Crippen molar-refractivity contribution in [3.05, 3.63) is 23.5 Å². The quantitative estimate of drug-likeness (QED) is 0.812. The van der Waals surface area contributed by atoms with Gasteiger partial charge in [-0.3, -0.25) is 0 Å². The number of hydrogen-bond acceptors (Lipinski definition) is 4. The van der Waals surface area contributed by atoms with Gasteiger partial charge in [-0.25, -0.2) is 17.5 Å². The summed E-state index contributed by atoms with van der Waals surface area (Å²) in [7, 11) is -1.63. The molecule has 1 aromatic carbocycles. The highest BCUT2D eigenvalue weighted by Crippen LogP contribution is 2.21. The molecule has 0 aliphatic carbocycles. The van der Waals surface area contributed by atoms with E-state index in [1.165, 1.54) is 13.0 Å². The predicted octanol–water partition coefficient (Wildman–Crippen LogP) is 0.946. The fraction of sp³-hybridized carbons (Fsp3) is 0.538. The van der Waals surface area contributed by atoms with Crippen LogP contribution in [0.5, 0.6) is 0 Å². The Morgan fingerprint density at radius 1 is 1.50 bits per heavy atom. The average Bonchev–Trinajstić information content (AvgIpc) is 2.79. The number of hydrogen-bond donors (Lipinski definition) is 2. The number of nitrogens with two attached hydrogens (primary N) is 1. The van der Waals surface area contributed by atoms with Crippen LogP contribution in [0.15, 0.2) is 17.0 Å². The Kier molecular flexibility index (Phi) is 4.31. The van der Waals surface area contributed by atoms with Crippen LogP contribution in [0, 0.1) is 18.7 Å².